The second kappa shape index (κ2) is 7.25. The largest absolute Gasteiger partial charge is 0.443 e. The summed E-state index contributed by atoms with van der Waals surface area (Å²) < 4.78 is 6.45. The smallest absolute Gasteiger partial charge is 0.351 e. The van der Waals surface area contributed by atoms with Gasteiger partial charge in [-0.2, -0.15) is 0 Å². The molecule has 0 bridgehead atoms. The normalized spacial score (nSPS) is 12.0. The van der Waals surface area contributed by atoms with Crippen LogP contribution in [-0.2, 0) is 9.53 Å². The van der Waals surface area contributed by atoms with Crippen LogP contribution in [0.3, 0.4) is 0 Å². The van der Waals surface area contributed by atoms with Crippen LogP contribution in [0.1, 0.15) is 21.3 Å². The second-order valence-electron chi connectivity index (χ2n) is 5.67. The number of ether oxygens (including phenoxy) is 1. The van der Waals surface area contributed by atoms with Gasteiger partial charge in [0.25, 0.3) is 5.91 Å². The molecule has 3 aromatic rings. The van der Waals surface area contributed by atoms with Crippen LogP contribution in [0.4, 0.5) is 0 Å². The molecule has 0 fully saturated rings. The first-order valence-electron chi connectivity index (χ1n) is 7.63. The van der Waals surface area contributed by atoms with Gasteiger partial charge in [-0.3, -0.25) is 4.79 Å². The SMILES string of the molecule is CN(C)C(=O)[C@H](OC(=O)c1sc2ccccc2c1Cl)c1ccccc1. The Balaban J connectivity index is 1.94. The van der Waals surface area contributed by atoms with Crippen molar-refractivity contribution < 1.29 is 14.3 Å². The number of nitrogens with zero attached hydrogens (tertiary/aromatic N) is 1. The Hall–Kier alpha value is -2.37. The highest BCUT2D eigenvalue weighted by Crippen LogP contribution is 2.36. The zero-order valence-electron chi connectivity index (χ0n) is 13.7. The van der Waals surface area contributed by atoms with E-state index in [1.54, 1.807) is 38.4 Å². The summed E-state index contributed by atoms with van der Waals surface area (Å²) in [5.41, 5.74) is 0.617. The summed E-state index contributed by atoms with van der Waals surface area (Å²) >= 11 is 7.60. The number of amides is 1. The molecule has 6 heteroatoms. The Morgan fingerprint density at radius 3 is 2.32 bits per heavy atom. The van der Waals surface area contributed by atoms with Gasteiger partial charge in [0.05, 0.1) is 5.02 Å². The number of thiophene rings is 1. The zero-order valence-corrected chi connectivity index (χ0v) is 15.3. The highest BCUT2D eigenvalue weighted by molar-refractivity contribution is 7.21. The van der Waals surface area contributed by atoms with Crippen molar-refractivity contribution in [3.05, 3.63) is 70.1 Å². The summed E-state index contributed by atoms with van der Waals surface area (Å²) in [6.07, 6.45) is -1.01. The van der Waals surface area contributed by atoms with Gasteiger partial charge in [0.15, 0.2) is 0 Å². The molecule has 0 saturated carbocycles. The Morgan fingerprint density at radius 2 is 1.68 bits per heavy atom. The monoisotopic (exact) mass is 373 g/mol. The minimum atomic E-state index is -1.01. The van der Waals surface area contributed by atoms with Crippen LogP contribution in [-0.4, -0.2) is 30.9 Å². The number of hydrogen-bond donors (Lipinski definition) is 0. The van der Waals surface area contributed by atoms with Crippen LogP contribution >= 0.6 is 22.9 Å². The number of benzene rings is 2. The average Bonchev–Trinajstić information content (AvgIpc) is 2.97. The van der Waals surface area contributed by atoms with Crippen molar-refractivity contribution in [3.8, 4) is 0 Å². The maximum absolute atomic E-state index is 12.7. The van der Waals surface area contributed by atoms with Gasteiger partial charge in [-0.05, 0) is 6.07 Å². The molecule has 0 unspecified atom stereocenters. The summed E-state index contributed by atoms with van der Waals surface area (Å²) in [4.78, 5) is 26.9. The Morgan fingerprint density at radius 1 is 1.04 bits per heavy atom. The molecule has 0 N–H and O–H groups in total. The fourth-order valence-electron chi connectivity index (χ4n) is 2.43. The van der Waals surface area contributed by atoms with Crippen molar-refractivity contribution in [1.29, 1.82) is 0 Å². The van der Waals surface area contributed by atoms with E-state index in [1.807, 2.05) is 30.3 Å². The maximum Gasteiger partial charge on any atom is 0.351 e. The van der Waals surface area contributed by atoms with Gasteiger partial charge in [0.2, 0.25) is 6.10 Å². The lowest BCUT2D eigenvalue weighted by Crippen LogP contribution is -2.31. The van der Waals surface area contributed by atoms with E-state index in [2.05, 4.69) is 0 Å². The molecule has 128 valence electrons. The maximum atomic E-state index is 12.7. The second-order valence-corrected chi connectivity index (χ2v) is 7.10. The molecule has 2 aromatic carbocycles. The van der Waals surface area contributed by atoms with E-state index >= 15 is 0 Å². The van der Waals surface area contributed by atoms with Crippen molar-refractivity contribution >= 4 is 44.9 Å². The first kappa shape index (κ1) is 17.5. The molecule has 0 aliphatic heterocycles. The summed E-state index contributed by atoms with van der Waals surface area (Å²) in [5, 5.41) is 1.16. The van der Waals surface area contributed by atoms with Crippen LogP contribution in [0.15, 0.2) is 54.6 Å². The Bertz CT molecular complexity index is 921. The number of halogens is 1. The first-order valence-corrected chi connectivity index (χ1v) is 8.82. The molecule has 4 nitrogen and oxygen atoms in total. The molecule has 1 aromatic heterocycles. The number of esters is 1. The van der Waals surface area contributed by atoms with Gasteiger partial charge in [-0.25, -0.2) is 4.79 Å². The predicted molar refractivity (Wildman–Crippen MR) is 100 cm³/mol. The summed E-state index contributed by atoms with van der Waals surface area (Å²) in [6.45, 7) is 0. The molecule has 0 spiro atoms. The number of rotatable bonds is 4. The van der Waals surface area contributed by atoms with Gasteiger partial charge in [-0.15, -0.1) is 11.3 Å². The lowest BCUT2D eigenvalue weighted by molar-refractivity contribution is -0.138. The zero-order chi connectivity index (χ0) is 18.0. The molecule has 0 aliphatic rings. The van der Waals surface area contributed by atoms with Crippen LogP contribution in [0.25, 0.3) is 10.1 Å². The van der Waals surface area contributed by atoms with Gasteiger partial charge in [0.1, 0.15) is 4.88 Å². The van der Waals surface area contributed by atoms with Crippen molar-refractivity contribution in [2.75, 3.05) is 14.1 Å². The van der Waals surface area contributed by atoms with E-state index in [9.17, 15) is 9.59 Å². The number of likely N-dealkylation sites (N-methyl/N-ethyl adjacent to an activating group) is 1. The predicted octanol–water partition coefficient (Wildman–Crippen LogP) is 4.54. The van der Waals surface area contributed by atoms with E-state index in [4.69, 9.17) is 16.3 Å². The third-order valence-electron chi connectivity index (χ3n) is 3.71. The lowest BCUT2D eigenvalue weighted by Gasteiger charge is -2.21. The molecule has 1 amide bonds. The minimum Gasteiger partial charge on any atom is -0.443 e. The Labute approximate surface area is 154 Å². The number of hydrogen-bond acceptors (Lipinski definition) is 4. The summed E-state index contributed by atoms with van der Waals surface area (Å²) in [6, 6.07) is 16.4. The third kappa shape index (κ3) is 3.52. The lowest BCUT2D eigenvalue weighted by atomic mass is 10.1. The molecule has 1 atom stereocenters. The minimum absolute atomic E-state index is 0.301. The van der Waals surface area contributed by atoms with E-state index in [1.165, 1.54) is 16.2 Å². The standard InChI is InChI=1S/C19H16ClNO3S/c1-21(2)18(22)16(12-8-4-3-5-9-12)24-19(23)17-15(20)13-10-6-7-11-14(13)25-17/h3-11,16H,1-2H3/t16-/m1/s1. The molecule has 25 heavy (non-hydrogen) atoms. The molecule has 1 heterocycles. The Kier molecular flexibility index (Phi) is 5.06. The van der Waals surface area contributed by atoms with Gasteiger partial charge < -0.3 is 9.64 Å². The number of carbonyl (C=O) groups is 2. The molecule has 0 aliphatic carbocycles. The van der Waals surface area contributed by atoms with E-state index < -0.39 is 12.1 Å². The number of fused-ring (bicyclic) bond motifs is 1. The van der Waals surface area contributed by atoms with Crippen molar-refractivity contribution in [2.45, 2.75) is 6.10 Å². The van der Waals surface area contributed by atoms with Crippen molar-refractivity contribution in [1.82, 2.24) is 4.90 Å². The van der Waals surface area contributed by atoms with E-state index in [-0.39, 0.29) is 5.91 Å². The highest BCUT2D eigenvalue weighted by Gasteiger charge is 2.29. The van der Waals surface area contributed by atoms with Crippen molar-refractivity contribution in [2.24, 2.45) is 0 Å². The van der Waals surface area contributed by atoms with Crippen LogP contribution in [0.2, 0.25) is 5.02 Å². The molecule has 3 rings (SSSR count). The summed E-state index contributed by atoms with van der Waals surface area (Å²) in [5.74, 6) is -0.910. The van der Waals surface area contributed by atoms with Gasteiger partial charge in [-0.1, -0.05) is 60.1 Å². The summed E-state index contributed by atoms with van der Waals surface area (Å²) in [7, 11) is 3.25. The van der Waals surface area contributed by atoms with Crippen LogP contribution in [0.5, 0.6) is 0 Å². The number of carbonyl (C=O) groups excluding carboxylic acids is 2. The van der Waals surface area contributed by atoms with Gasteiger partial charge in [0, 0.05) is 29.7 Å². The highest BCUT2D eigenvalue weighted by atomic mass is 35.5. The fraction of sp³-hybridized carbons (Fsp3) is 0.158. The molecule has 0 radical (unpaired) electrons. The van der Waals surface area contributed by atoms with Crippen molar-refractivity contribution in [3.63, 3.8) is 0 Å². The fourth-order valence-corrected chi connectivity index (χ4v) is 3.82. The first-order chi connectivity index (χ1) is 12.0. The molecule has 0 saturated heterocycles. The topological polar surface area (TPSA) is 46.6 Å². The molecular weight excluding hydrogens is 358 g/mol. The third-order valence-corrected chi connectivity index (χ3v) is 5.37. The van der Waals surface area contributed by atoms with Crippen LogP contribution in [0, 0.1) is 0 Å². The average molecular weight is 374 g/mol. The van der Waals surface area contributed by atoms with Crippen LogP contribution < -0.4 is 0 Å². The van der Waals surface area contributed by atoms with Gasteiger partial charge >= 0.3 is 5.97 Å². The molecular formula is C19H16ClNO3S. The quantitative estimate of drug-likeness (QED) is 0.631. The van der Waals surface area contributed by atoms with E-state index in [0.29, 0.717) is 15.5 Å². The van der Waals surface area contributed by atoms with E-state index in [0.717, 1.165) is 10.1 Å².